The van der Waals surface area contributed by atoms with Gasteiger partial charge in [0.05, 0.1) is 18.8 Å². The van der Waals surface area contributed by atoms with Crippen LogP contribution >= 0.6 is 35.6 Å². The molecule has 0 atom stereocenters. The van der Waals surface area contributed by atoms with E-state index in [0.29, 0.717) is 19.0 Å². The second-order valence-corrected chi connectivity index (χ2v) is 5.98. The molecule has 2 aromatic rings. The highest BCUT2D eigenvalue weighted by molar-refractivity contribution is 14.0. The van der Waals surface area contributed by atoms with Crippen molar-refractivity contribution >= 4 is 41.5 Å². The Hall–Kier alpha value is -1.28. The molecule has 0 spiro atoms. The van der Waals surface area contributed by atoms with Crippen LogP contribution in [0.25, 0.3) is 0 Å². The van der Waals surface area contributed by atoms with Crippen LogP contribution in [0.4, 0.5) is 0 Å². The van der Waals surface area contributed by atoms with Crippen LogP contribution in [0.5, 0.6) is 0 Å². The van der Waals surface area contributed by atoms with Gasteiger partial charge >= 0.3 is 0 Å². The van der Waals surface area contributed by atoms with Gasteiger partial charge in [-0.3, -0.25) is 0 Å². The Morgan fingerprint density at radius 1 is 1.25 bits per heavy atom. The fourth-order valence-electron chi connectivity index (χ4n) is 1.96. The molecule has 0 saturated carbocycles. The third-order valence-corrected chi connectivity index (χ3v) is 3.53. The number of benzene rings is 1. The van der Waals surface area contributed by atoms with E-state index in [1.165, 1.54) is 0 Å². The van der Waals surface area contributed by atoms with E-state index < -0.39 is 0 Å². The predicted octanol–water partition coefficient (Wildman–Crippen LogP) is 4.32. The van der Waals surface area contributed by atoms with Crippen LogP contribution in [0.3, 0.4) is 0 Å². The van der Waals surface area contributed by atoms with Crippen LogP contribution in [0.1, 0.15) is 43.7 Å². The van der Waals surface area contributed by atoms with Crippen LogP contribution in [0.15, 0.2) is 39.8 Å². The molecule has 0 saturated heterocycles. The summed E-state index contributed by atoms with van der Waals surface area (Å²) in [6, 6.07) is 9.66. The lowest BCUT2D eigenvalue weighted by Crippen LogP contribution is -2.36. The Balaban J connectivity index is 0.00000288. The molecule has 0 aliphatic rings. The van der Waals surface area contributed by atoms with Crippen molar-refractivity contribution in [1.82, 2.24) is 15.8 Å². The Labute approximate surface area is 165 Å². The zero-order valence-corrected chi connectivity index (χ0v) is 17.3. The molecule has 1 heterocycles. The van der Waals surface area contributed by atoms with E-state index in [4.69, 9.17) is 16.1 Å². The molecule has 0 aliphatic heterocycles. The summed E-state index contributed by atoms with van der Waals surface area (Å²) in [5.41, 5.74) is 2.07. The first-order valence-electron chi connectivity index (χ1n) is 7.80. The van der Waals surface area contributed by atoms with Gasteiger partial charge in [-0.2, -0.15) is 0 Å². The molecule has 0 bridgehead atoms. The van der Waals surface area contributed by atoms with Crippen molar-refractivity contribution in [1.29, 1.82) is 0 Å². The maximum atomic E-state index is 5.89. The number of aromatic nitrogens is 1. The van der Waals surface area contributed by atoms with E-state index in [1.54, 1.807) is 0 Å². The minimum atomic E-state index is 0. The molecule has 24 heavy (non-hydrogen) atoms. The van der Waals surface area contributed by atoms with E-state index in [9.17, 15) is 0 Å². The monoisotopic (exact) mass is 462 g/mol. The lowest BCUT2D eigenvalue weighted by molar-refractivity contribution is 0.372. The molecule has 2 N–H and O–H groups in total. The SMILES string of the molecule is CCNC(=NCc1ccc(Cl)cc1)NCc1cc(C(C)C)no1.I. The predicted molar refractivity (Wildman–Crippen MR) is 109 cm³/mol. The summed E-state index contributed by atoms with van der Waals surface area (Å²) in [5.74, 6) is 1.90. The summed E-state index contributed by atoms with van der Waals surface area (Å²) >= 11 is 5.89. The summed E-state index contributed by atoms with van der Waals surface area (Å²) in [6.45, 7) is 8.14. The zero-order valence-electron chi connectivity index (χ0n) is 14.2. The van der Waals surface area contributed by atoms with Crippen LogP contribution in [0.2, 0.25) is 5.02 Å². The molecule has 0 aliphatic carbocycles. The van der Waals surface area contributed by atoms with Crippen LogP contribution in [-0.2, 0) is 13.1 Å². The number of nitrogens with one attached hydrogen (secondary N) is 2. The summed E-state index contributed by atoms with van der Waals surface area (Å²) in [4.78, 5) is 4.56. The number of aliphatic imine (C=N–C) groups is 1. The van der Waals surface area contributed by atoms with Crippen molar-refractivity contribution in [2.24, 2.45) is 4.99 Å². The van der Waals surface area contributed by atoms with Crippen molar-refractivity contribution in [2.75, 3.05) is 6.54 Å². The first kappa shape index (κ1) is 20.8. The molecule has 132 valence electrons. The Morgan fingerprint density at radius 3 is 2.54 bits per heavy atom. The number of halogens is 2. The molecule has 0 amide bonds. The van der Waals surface area contributed by atoms with E-state index in [-0.39, 0.29) is 24.0 Å². The first-order chi connectivity index (χ1) is 11.1. The second-order valence-electron chi connectivity index (χ2n) is 5.55. The quantitative estimate of drug-likeness (QED) is 0.381. The second kappa shape index (κ2) is 10.6. The third kappa shape index (κ3) is 6.68. The largest absolute Gasteiger partial charge is 0.359 e. The molecule has 1 aromatic carbocycles. The minimum absolute atomic E-state index is 0. The normalized spacial score (nSPS) is 11.3. The highest BCUT2D eigenvalue weighted by Gasteiger charge is 2.08. The molecule has 7 heteroatoms. The van der Waals surface area contributed by atoms with Gasteiger partial charge in [-0.25, -0.2) is 4.99 Å². The van der Waals surface area contributed by atoms with Gasteiger partial charge in [0.2, 0.25) is 0 Å². The minimum Gasteiger partial charge on any atom is -0.359 e. The van der Waals surface area contributed by atoms with E-state index in [0.717, 1.165) is 34.5 Å². The van der Waals surface area contributed by atoms with Crippen molar-refractivity contribution in [2.45, 2.75) is 39.8 Å². The summed E-state index contributed by atoms with van der Waals surface area (Å²) in [6.07, 6.45) is 0. The zero-order chi connectivity index (χ0) is 16.7. The molecular formula is C17H24ClIN4O. The summed E-state index contributed by atoms with van der Waals surface area (Å²) < 4.78 is 5.32. The standard InChI is InChI=1S/C17H23ClN4O.HI/c1-4-19-17(20-10-13-5-7-14(18)8-6-13)21-11-15-9-16(12(2)3)22-23-15;/h5-9,12H,4,10-11H2,1-3H3,(H2,19,20,21);1H. The molecule has 1 aromatic heterocycles. The van der Waals surface area contributed by atoms with Gasteiger partial charge in [0, 0.05) is 17.6 Å². The van der Waals surface area contributed by atoms with Gasteiger partial charge in [0.15, 0.2) is 11.7 Å². The molecule has 0 fully saturated rings. The van der Waals surface area contributed by atoms with Gasteiger partial charge in [-0.1, -0.05) is 42.7 Å². The van der Waals surface area contributed by atoms with Crippen LogP contribution < -0.4 is 10.6 Å². The smallest absolute Gasteiger partial charge is 0.191 e. The maximum absolute atomic E-state index is 5.89. The van der Waals surface area contributed by atoms with Crippen molar-refractivity contribution in [3.63, 3.8) is 0 Å². The lowest BCUT2D eigenvalue weighted by atomic mass is 10.1. The summed E-state index contributed by atoms with van der Waals surface area (Å²) in [5, 5.41) is 11.2. The van der Waals surface area contributed by atoms with E-state index in [1.807, 2.05) is 37.3 Å². The van der Waals surface area contributed by atoms with Crippen molar-refractivity contribution < 1.29 is 4.52 Å². The molecule has 5 nitrogen and oxygen atoms in total. The third-order valence-electron chi connectivity index (χ3n) is 3.28. The first-order valence-corrected chi connectivity index (χ1v) is 8.18. The lowest BCUT2D eigenvalue weighted by Gasteiger charge is -2.09. The number of nitrogens with zero attached hydrogens (tertiary/aromatic N) is 2. The van der Waals surface area contributed by atoms with Crippen LogP contribution in [-0.4, -0.2) is 17.7 Å². The Kier molecular flexibility index (Phi) is 9.13. The fraction of sp³-hybridized carbons (Fsp3) is 0.412. The molecule has 2 rings (SSSR count). The van der Waals surface area contributed by atoms with Gasteiger partial charge in [0.25, 0.3) is 0 Å². The van der Waals surface area contributed by atoms with Gasteiger partial charge in [-0.05, 0) is 30.5 Å². The molecule has 0 unspecified atom stereocenters. The van der Waals surface area contributed by atoms with Crippen molar-refractivity contribution in [3.8, 4) is 0 Å². The number of hydrogen-bond donors (Lipinski definition) is 2. The van der Waals surface area contributed by atoms with E-state index in [2.05, 4.69) is 34.6 Å². The van der Waals surface area contributed by atoms with Gasteiger partial charge in [0.1, 0.15) is 0 Å². The maximum Gasteiger partial charge on any atom is 0.191 e. The molecular weight excluding hydrogens is 439 g/mol. The van der Waals surface area contributed by atoms with Crippen LogP contribution in [0, 0.1) is 0 Å². The Bertz CT molecular complexity index is 640. The topological polar surface area (TPSA) is 62.5 Å². The number of rotatable bonds is 6. The van der Waals surface area contributed by atoms with Gasteiger partial charge in [-0.15, -0.1) is 24.0 Å². The highest BCUT2D eigenvalue weighted by Crippen LogP contribution is 2.13. The number of hydrogen-bond acceptors (Lipinski definition) is 3. The van der Waals surface area contributed by atoms with Gasteiger partial charge < -0.3 is 15.2 Å². The average Bonchev–Trinajstić information content (AvgIpc) is 3.01. The average molecular weight is 463 g/mol. The Morgan fingerprint density at radius 2 is 1.96 bits per heavy atom. The van der Waals surface area contributed by atoms with Crippen molar-refractivity contribution in [3.05, 3.63) is 52.4 Å². The number of guanidine groups is 1. The van der Waals surface area contributed by atoms with E-state index >= 15 is 0 Å². The highest BCUT2D eigenvalue weighted by atomic mass is 127. The fourth-order valence-corrected chi connectivity index (χ4v) is 2.08. The molecule has 0 radical (unpaired) electrons. The summed E-state index contributed by atoms with van der Waals surface area (Å²) in [7, 11) is 0.